The van der Waals surface area contributed by atoms with Crippen molar-refractivity contribution in [1.29, 1.82) is 0 Å². The third-order valence-corrected chi connectivity index (χ3v) is 4.24. The van der Waals surface area contributed by atoms with Crippen LogP contribution in [0.25, 0.3) is 0 Å². The molecule has 0 aliphatic carbocycles. The van der Waals surface area contributed by atoms with Crippen molar-refractivity contribution in [2.45, 2.75) is 46.0 Å². The molecule has 0 amide bonds. The molecule has 2 nitrogen and oxygen atoms in total. The maximum Gasteiger partial charge on any atom is 0.00332 e. The number of hydrogen-bond acceptors (Lipinski definition) is 2. The summed E-state index contributed by atoms with van der Waals surface area (Å²) in [6, 6.07) is 0. The molecule has 0 aromatic rings. The van der Waals surface area contributed by atoms with Crippen LogP contribution in [0.15, 0.2) is 0 Å². The number of hydrogen-bond donors (Lipinski definition) is 1. The molecular weight excluding hydrogens is 196 g/mol. The van der Waals surface area contributed by atoms with Crippen molar-refractivity contribution in [3.8, 4) is 0 Å². The smallest absolute Gasteiger partial charge is 0.00332 e. The van der Waals surface area contributed by atoms with Crippen LogP contribution in [-0.2, 0) is 0 Å². The van der Waals surface area contributed by atoms with Crippen molar-refractivity contribution in [3.63, 3.8) is 0 Å². The Morgan fingerprint density at radius 3 is 2.88 bits per heavy atom. The van der Waals surface area contributed by atoms with Crippen LogP contribution in [0.5, 0.6) is 0 Å². The lowest BCUT2D eigenvalue weighted by Crippen LogP contribution is -2.30. The zero-order valence-corrected chi connectivity index (χ0v) is 11.1. The fourth-order valence-electron chi connectivity index (χ4n) is 3.19. The minimum absolute atomic E-state index is 0.576. The second-order valence-electron chi connectivity index (χ2n) is 6.54. The molecule has 1 unspecified atom stereocenters. The van der Waals surface area contributed by atoms with Gasteiger partial charge in [-0.15, -0.1) is 0 Å². The largest absolute Gasteiger partial charge is 0.316 e. The van der Waals surface area contributed by atoms with Gasteiger partial charge in [0.15, 0.2) is 0 Å². The van der Waals surface area contributed by atoms with Gasteiger partial charge >= 0.3 is 0 Å². The van der Waals surface area contributed by atoms with E-state index in [1.807, 2.05) is 0 Å². The quantitative estimate of drug-likeness (QED) is 0.789. The number of nitrogens with one attached hydrogen (secondary N) is 1. The van der Waals surface area contributed by atoms with Gasteiger partial charge in [0.05, 0.1) is 0 Å². The van der Waals surface area contributed by atoms with Crippen molar-refractivity contribution >= 4 is 0 Å². The van der Waals surface area contributed by atoms with Crippen LogP contribution >= 0.6 is 0 Å². The van der Waals surface area contributed by atoms with E-state index in [1.54, 1.807) is 0 Å². The Kier molecular flexibility index (Phi) is 4.26. The fraction of sp³-hybridized carbons (Fsp3) is 1.00. The summed E-state index contributed by atoms with van der Waals surface area (Å²) in [5.41, 5.74) is 0.576. The molecule has 2 heteroatoms. The van der Waals surface area contributed by atoms with Crippen molar-refractivity contribution in [2.75, 3.05) is 32.7 Å². The van der Waals surface area contributed by atoms with Crippen LogP contribution in [0.4, 0.5) is 0 Å². The van der Waals surface area contributed by atoms with Crippen molar-refractivity contribution in [2.24, 2.45) is 11.3 Å². The maximum atomic E-state index is 3.51. The predicted octanol–water partition coefficient (Wildman–Crippen LogP) is 2.50. The lowest BCUT2D eigenvalue weighted by Gasteiger charge is -2.24. The van der Waals surface area contributed by atoms with Gasteiger partial charge in [0.25, 0.3) is 0 Å². The van der Waals surface area contributed by atoms with Crippen molar-refractivity contribution < 1.29 is 0 Å². The molecule has 0 bridgehead atoms. The van der Waals surface area contributed by atoms with Crippen LogP contribution in [0.1, 0.15) is 46.0 Å². The summed E-state index contributed by atoms with van der Waals surface area (Å²) in [5, 5.41) is 3.51. The molecule has 2 saturated heterocycles. The molecule has 2 rings (SSSR count). The molecule has 1 N–H and O–H groups in total. The SMILES string of the molecule is CC1(C)CCN(CCCC2CCCNC2)C1. The summed E-state index contributed by atoms with van der Waals surface area (Å²) in [5.74, 6) is 0.962. The van der Waals surface area contributed by atoms with Crippen LogP contribution in [0.2, 0.25) is 0 Å². The normalized spacial score (nSPS) is 30.8. The lowest BCUT2D eigenvalue weighted by molar-refractivity contribution is 0.268. The zero-order chi connectivity index (χ0) is 11.4. The van der Waals surface area contributed by atoms with Gasteiger partial charge in [0, 0.05) is 6.54 Å². The molecule has 2 aliphatic rings. The van der Waals surface area contributed by atoms with Gasteiger partial charge in [-0.25, -0.2) is 0 Å². The number of rotatable bonds is 4. The second-order valence-corrected chi connectivity index (χ2v) is 6.54. The molecule has 0 radical (unpaired) electrons. The van der Waals surface area contributed by atoms with E-state index in [-0.39, 0.29) is 0 Å². The fourth-order valence-corrected chi connectivity index (χ4v) is 3.19. The highest BCUT2D eigenvalue weighted by Crippen LogP contribution is 2.29. The van der Waals surface area contributed by atoms with Crippen LogP contribution in [0, 0.1) is 11.3 Å². The van der Waals surface area contributed by atoms with E-state index >= 15 is 0 Å². The number of nitrogens with zero attached hydrogens (tertiary/aromatic N) is 1. The molecule has 94 valence electrons. The van der Waals surface area contributed by atoms with E-state index in [2.05, 4.69) is 24.1 Å². The van der Waals surface area contributed by atoms with Crippen molar-refractivity contribution in [3.05, 3.63) is 0 Å². The Morgan fingerprint density at radius 1 is 1.38 bits per heavy atom. The summed E-state index contributed by atoms with van der Waals surface area (Å²) >= 11 is 0. The summed E-state index contributed by atoms with van der Waals surface area (Å²) in [7, 11) is 0. The standard InChI is InChI=1S/C14H28N2/c1-14(2)7-10-16(12-14)9-4-6-13-5-3-8-15-11-13/h13,15H,3-12H2,1-2H3. The molecule has 0 aromatic heterocycles. The van der Waals surface area contributed by atoms with Gasteiger partial charge in [0.2, 0.25) is 0 Å². The van der Waals surface area contributed by atoms with Crippen LogP contribution in [0.3, 0.4) is 0 Å². The van der Waals surface area contributed by atoms with Crippen LogP contribution < -0.4 is 5.32 Å². The van der Waals surface area contributed by atoms with Gasteiger partial charge < -0.3 is 10.2 Å². The highest BCUT2D eigenvalue weighted by Gasteiger charge is 2.28. The van der Waals surface area contributed by atoms with Crippen molar-refractivity contribution in [1.82, 2.24) is 10.2 Å². The average molecular weight is 224 g/mol. The zero-order valence-electron chi connectivity index (χ0n) is 11.1. The second kappa shape index (κ2) is 5.50. The Balaban J connectivity index is 1.58. The first-order valence-corrected chi connectivity index (χ1v) is 7.09. The third kappa shape index (κ3) is 3.74. The molecule has 16 heavy (non-hydrogen) atoms. The molecule has 2 heterocycles. The Bertz CT molecular complexity index is 207. The molecule has 0 aromatic carbocycles. The van der Waals surface area contributed by atoms with Gasteiger partial charge in [-0.05, 0) is 69.6 Å². The lowest BCUT2D eigenvalue weighted by atomic mass is 9.93. The monoisotopic (exact) mass is 224 g/mol. The van der Waals surface area contributed by atoms with E-state index in [1.165, 1.54) is 64.8 Å². The van der Waals surface area contributed by atoms with Gasteiger partial charge in [-0.1, -0.05) is 13.8 Å². The van der Waals surface area contributed by atoms with E-state index in [0.29, 0.717) is 5.41 Å². The molecular formula is C14H28N2. The Labute approximate surface area is 101 Å². The minimum Gasteiger partial charge on any atom is -0.316 e. The predicted molar refractivity (Wildman–Crippen MR) is 69.7 cm³/mol. The highest BCUT2D eigenvalue weighted by molar-refractivity contribution is 4.82. The topological polar surface area (TPSA) is 15.3 Å². The summed E-state index contributed by atoms with van der Waals surface area (Å²) in [6.45, 7) is 11.3. The molecule has 2 aliphatic heterocycles. The third-order valence-electron chi connectivity index (χ3n) is 4.24. The molecule has 2 fully saturated rings. The van der Waals surface area contributed by atoms with Crippen LogP contribution in [-0.4, -0.2) is 37.6 Å². The van der Waals surface area contributed by atoms with E-state index in [9.17, 15) is 0 Å². The maximum absolute atomic E-state index is 3.51. The molecule has 0 spiro atoms. The minimum atomic E-state index is 0.576. The first-order valence-electron chi connectivity index (χ1n) is 7.09. The first-order chi connectivity index (χ1) is 7.66. The molecule has 0 saturated carbocycles. The van der Waals surface area contributed by atoms with E-state index < -0.39 is 0 Å². The molecule has 1 atom stereocenters. The first kappa shape index (κ1) is 12.4. The Morgan fingerprint density at radius 2 is 2.25 bits per heavy atom. The highest BCUT2D eigenvalue weighted by atomic mass is 15.1. The number of likely N-dealkylation sites (tertiary alicyclic amines) is 1. The average Bonchev–Trinajstić information content (AvgIpc) is 2.60. The number of piperidine rings is 1. The van der Waals surface area contributed by atoms with E-state index in [4.69, 9.17) is 0 Å². The van der Waals surface area contributed by atoms with E-state index in [0.717, 1.165) is 5.92 Å². The summed E-state index contributed by atoms with van der Waals surface area (Å²) in [6.07, 6.45) is 7.07. The summed E-state index contributed by atoms with van der Waals surface area (Å²) in [4.78, 5) is 2.66. The Hall–Kier alpha value is -0.0800. The van der Waals surface area contributed by atoms with Gasteiger partial charge in [0.1, 0.15) is 0 Å². The van der Waals surface area contributed by atoms with Gasteiger partial charge in [-0.3, -0.25) is 0 Å². The van der Waals surface area contributed by atoms with Gasteiger partial charge in [-0.2, -0.15) is 0 Å². The summed E-state index contributed by atoms with van der Waals surface area (Å²) < 4.78 is 0.